The monoisotopic (exact) mass is 299 g/mol. The highest BCUT2D eigenvalue weighted by Crippen LogP contribution is 2.16. The van der Waals surface area contributed by atoms with E-state index >= 15 is 0 Å². The molecule has 6 heteroatoms. The maximum Gasteiger partial charge on any atom is 0.326 e. The topological polar surface area (TPSA) is 104 Å². The highest BCUT2D eigenvalue weighted by molar-refractivity contribution is 5.98. The molecule has 0 aromatic rings. The van der Waals surface area contributed by atoms with E-state index in [2.05, 4.69) is 5.32 Å². The predicted octanol–water partition coefficient (Wildman–Crippen LogP) is 2.17. The Labute approximate surface area is 124 Å². The van der Waals surface area contributed by atoms with Crippen LogP contribution in [-0.2, 0) is 14.4 Å². The molecule has 0 bridgehead atoms. The quantitative estimate of drug-likeness (QED) is 0.678. The molecule has 2 unspecified atom stereocenters. The minimum atomic E-state index is -1.18. The molecule has 0 aromatic carbocycles. The molecule has 0 aromatic heterocycles. The molecule has 6 nitrogen and oxygen atoms in total. The Morgan fingerprint density at radius 3 is 1.76 bits per heavy atom. The second kappa shape index (κ2) is 9.37. The third-order valence-corrected chi connectivity index (χ3v) is 3.96. The van der Waals surface area contributed by atoms with Crippen LogP contribution in [-0.4, -0.2) is 34.1 Å². The molecule has 0 saturated carbocycles. The zero-order valence-electron chi connectivity index (χ0n) is 12.3. The molecule has 1 amide bonds. The van der Waals surface area contributed by atoms with Crippen molar-refractivity contribution in [2.24, 2.45) is 5.92 Å². The Bertz CT molecular complexity index is 369. The number of carbonyl (C=O) groups is 3. The molecule has 0 spiro atoms. The van der Waals surface area contributed by atoms with Crippen LogP contribution < -0.4 is 5.32 Å². The Balaban J connectivity index is 2.69. The van der Waals surface area contributed by atoms with Crippen molar-refractivity contribution in [3.05, 3.63) is 0 Å². The van der Waals surface area contributed by atoms with Crippen molar-refractivity contribution in [3.63, 3.8) is 0 Å². The van der Waals surface area contributed by atoms with Crippen LogP contribution in [0.1, 0.15) is 64.2 Å². The van der Waals surface area contributed by atoms with Crippen molar-refractivity contribution < 1.29 is 24.6 Å². The van der Waals surface area contributed by atoms with Gasteiger partial charge in [0, 0.05) is 0 Å². The van der Waals surface area contributed by atoms with E-state index in [1.807, 2.05) is 0 Å². The van der Waals surface area contributed by atoms with Crippen molar-refractivity contribution in [3.8, 4) is 0 Å². The summed E-state index contributed by atoms with van der Waals surface area (Å²) in [5.74, 6) is -4.09. The Morgan fingerprint density at radius 1 is 0.810 bits per heavy atom. The molecule has 0 aliphatic carbocycles. The first-order chi connectivity index (χ1) is 10.0. The van der Waals surface area contributed by atoms with E-state index in [0.717, 1.165) is 44.9 Å². The van der Waals surface area contributed by atoms with Gasteiger partial charge in [-0.15, -0.1) is 0 Å². The molecule has 0 radical (unpaired) electrons. The highest BCUT2D eigenvalue weighted by Gasteiger charge is 2.29. The zero-order chi connectivity index (χ0) is 15.7. The molecule has 1 aliphatic heterocycles. The van der Waals surface area contributed by atoms with E-state index in [1.165, 1.54) is 0 Å². The standard InChI is InChI=1S/C15H25NO5/c17-13-11(14(18)19)9-7-5-3-1-2-4-6-8-10-12(16-13)15(20)21/h11-12H,1-10H2,(H,16,17)(H,18,19)(H,20,21). The van der Waals surface area contributed by atoms with Crippen molar-refractivity contribution in [2.75, 3.05) is 0 Å². The van der Waals surface area contributed by atoms with Crippen LogP contribution in [0.2, 0.25) is 0 Å². The van der Waals surface area contributed by atoms with Crippen LogP contribution >= 0.6 is 0 Å². The molecule has 3 N–H and O–H groups in total. The van der Waals surface area contributed by atoms with E-state index in [0.29, 0.717) is 12.8 Å². The number of hydrogen-bond donors (Lipinski definition) is 3. The van der Waals surface area contributed by atoms with Gasteiger partial charge in [-0.3, -0.25) is 9.59 Å². The SMILES string of the molecule is O=C(O)C1CCCCCCCCCCC(C(=O)O)C(=O)N1. The van der Waals surface area contributed by atoms with Gasteiger partial charge in [-0.1, -0.05) is 51.4 Å². The Morgan fingerprint density at radius 2 is 1.29 bits per heavy atom. The van der Waals surface area contributed by atoms with Crippen molar-refractivity contribution in [1.29, 1.82) is 0 Å². The van der Waals surface area contributed by atoms with Crippen LogP contribution in [0.4, 0.5) is 0 Å². The van der Waals surface area contributed by atoms with Gasteiger partial charge in [-0.05, 0) is 12.8 Å². The lowest BCUT2D eigenvalue weighted by atomic mass is 9.97. The fourth-order valence-corrected chi connectivity index (χ4v) is 2.65. The van der Waals surface area contributed by atoms with E-state index in [-0.39, 0.29) is 6.42 Å². The van der Waals surface area contributed by atoms with Crippen molar-refractivity contribution >= 4 is 17.8 Å². The number of carboxylic acids is 2. The number of hydrogen-bond acceptors (Lipinski definition) is 3. The number of amides is 1. The smallest absolute Gasteiger partial charge is 0.326 e. The number of carboxylic acid groups (broad SMARTS) is 2. The lowest BCUT2D eigenvalue weighted by Crippen LogP contribution is -2.45. The summed E-state index contributed by atoms with van der Waals surface area (Å²) in [6.45, 7) is 0. The first-order valence-electron chi connectivity index (χ1n) is 7.78. The van der Waals surface area contributed by atoms with Crippen LogP contribution in [0.5, 0.6) is 0 Å². The minimum absolute atomic E-state index is 0.271. The van der Waals surface area contributed by atoms with E-state index < -0.39 is 29.8 Å². The molecular formula is C15H25NO5. The van der Waals surface area contributed by atoms with E-state index in [9.17, 15) is 14.4 Å². The normalized spacial score (nSPS) is 26.4. The van der Waals surface area contributed by atoms with Gasteiger partial charge in [0.1, 0.15) is 12.0 Å². The number of carbonyl (C=O) groups excluding carboxylic acids is 1. The molecule has 1 fully saturated rings. The summed E-state index contributed by atoms with van der Waals surface area (Å²) in [5.41, 5.74) is 0. The summed E-state index contributed by atoms with van der Waals surface area (Å²) in [7, 11) is 0. The van der Waals surface area contributed by atoms with E-state index in [1.54, 1.807) is 0 Å². The first-order valence-corrected chi connectivity index (χ1v) is 7.78. The molecule has 1 heterocycles. The lowest BCUT2D eigenvalue weighted by molar-refractivity contribution is -0.150. The summed E-state index contributed by atoms with van der Waals surface area (Å²) in [5, 5.41) is 20.6. The number of rotatable bonds is 2. The second-order valence-corrected chi connectivity index (χ2v) is 5.70. The van der Waals surface area contributed by atoms with Gasteiger partial charge < -0.3 is 15.5 Å². The van der Waals surface area contributed by atoms with Gasteiger partial charge in [0.25, 0.3) is 0 Å². The van der Waals surface area contributed by atoms with Gasteiger partial charge in [-0.2, -0.15) is 0 Å². The maximum absolute atomic E-state index is 12.0. The Kier molecular flexibility index (Phi) is 7.79. The molecule has 1 rings (SSSR count). The number of nitrogens with one attached hydrogen (secondary N) is 1. The average Bonchev–Trinajstić information content (AvgIpc) is 2.42. The molecule has 120 valence electrons. The second-order valence-electron chi connectivity index (χ2n) is 5.70. The average molecular weight is 299 g/mol. The van der Waals surface area contributed by atoms with Gasteiger partial charge in [0.15, 0.2) is 0 Å². The maximum atomic E-state index is 12.0. The summed E-state index contributed by atoms with van der Waals surface area (Å²) in [6.07, 6.45) is 8.29. The molecule has 2 atom stereocenters. The third kappa shape index (κ3) is 6.60. The Hall–Kier alpha value is -1.59. The lowest BCUT2D eigenvalue weighted by Gasteiger charge is -2.18. The zero-order valence-corrected chi connectivity index (χ0v) is 12.3. The summed E-state index contributed by atoms with van der Waals surface area (Å²) >= 11 is 0. The van der Waals surface area contributed by atoms with Crippen LogP contribution in [0.15, 0.2) is 0 Å². The summed E-state index contributed by atoms with van der Waals surface area (Å²) in [4.78, 5) is 34.3. The minimum Gasteiger partial charge on any atom is -0.481 e. The highest BCUT2D eigenvalue weighted by atomic mass is 16.4. The molecule has 1 aliphatic rings. The third-order valence-electron chi connectivity index (χ3n) is 3.96. The summed E-state index contributed by atoms with van der Waals surface area (Å²) < 4.78 is 0. The largest absolute Gasteiger partial charge is 0.481 e. The molecule has 21 heavy (non-hydrogen) atoms. The van der Waals surface area contributed by atoms with Crippen LogP contribution in [0.3, 0.4) is 0 Å². The summed E-state index contributed by atoms with van der Waals surface area (Å²) in [6, 6.07) is -0.984. The van der Waals surface area contributed by atoms with Gasteiger partial charge in [-0.25, -0.2) is 4.79 Å². The van der Waals surface area contributed by atoms with Crippen LogP contribution in [0.25, 0.3) is 0 Å². The number of aliphatic carboxylic acids is 2. The van der Waals surface area contributed by atoms with Gasteiger partial charge >= 0.3 is 11.9 Å². The fourth-order valence-electron chi connectivity index (χ4n) is 2.65. The van der Waals surface area contributed by atoms with E-state index in [4.69, 9.17) is 10.2 Å². The predicted molar refractivity (Wildman–Crippen MR) is 76.9 cm³/mol. The van der Waals surface area contributed by atoms with Crippen LogP contribution in [0, 0.1) is 5.92 Å². The fraction of sp³-hybridized carbons (Fsp3) is 0.800. The van der Waals surface area contributed by atoms with Crippen molar-refractivity contribution in [1.82, 2.24) is 5.32 Å². The van der Waals surface area contributed by atoms with Crippen molar-refractivity contribution in [2.45, 2.75) is 70.3 Å². The molecular weight excluding hydrogens is 274 g/mol. The first kappa shape index (κ1) is 17.5. The molecule has 1 saturated heterocycles. The van der Waals surface area contributed by atoms with Gasteiger partial charge in [0.05, 0.1) is 0 Å². The van der Waals surface area contributed by atoms with Gasteiger partial charge in [0.2, 0.25) is 5.91 Å².